The van der Waals surface area contributed by atoms with Gasteiger partial charge in [0.2, 0.25) is 0 Å². The molecule has 0 amide bonds. The van der Waals surface area contributed by atoms with Crippen molar-refractivity contribution in [3.8, 4) is 11.5 Å². The van der Waals surface area contributed by atoms with Crippen molar-refractivity contribution in [1.29, 1.82) is 0 Å². The van der Waals surface area contributed by atoms with Crippen molar-refractivity contribution in [2.24, 2.45) is 0 Å². The third kappa shape index (κ3) is 3.90. The van der Waals surface area contributed by atoms with Gasteiger partial charge in [-0.1, -0.05) is 0 Å². The number of hydrogen-bond acceptors (Lipinski definition) is 5. The minimum absolute atomic E-state index is 0.422. The molecule has 2 saturated heterocycles. The number of likely N-dealkylation sites (N-methyl/N-ethyl adjacent to an activating group) is 1. The summed E-state index contributed by atoms with van der Waals surface area (Å²) < 4.78 is 16.5. The Morgan fingerprint density at radius 3 is 2.52 bits per heavy atom. The van der Waals surface area contributed by atoms with E-state index in [9.17, 15) is 0 Å². The first kappa shape index (κ1) is 16.4. The number of nitrogens with zero attached hydrogens (tertiary/aromatic N) is 2. The summed E-state index contributed by atoms with van der Waals surface area (Å²) in [5, 5.41) is 0. The first-order valence-corrected chi connectivity index (χ1v) is 8.49. The molecular weight excluding hydrogens is 292 g/mol. The summed E-state index contributed by atoms with van der Waals surface area (Å²) >= 11 is 0. The summed E-state index contributed by atoms with van der Waals surface area (Å²) in [5.41, 5.74) is 1.18. The Bertz CT molecular complexity index is 495. The van der Waals surface area contributed by atoms with Gasteiger partial charge in [-0.25, -0.2) is 0 Å². The van der Waals surface area contributed by atoms with Crippen LogP contribution in [0.1, 0.15) is 19.3 Å². The van der Waals surface area contributed by atoms with Crippen LogP contribution in [-0.2, 0) is 4.74 Å². The number of rotatable bonds is 6. The topological polar surface area (TPSA) is 34.2 Å². The molecule has 2 fully saturated rings. The maximum absolute atomic E-state index is 5.77. The lowest BCUT2D eigenvalue weighted by Crippen LogP contribution is -2.39. The van der Waals surface area contributed by atoms with E-state index in [4.69, 9.17) is 14.2 Å². The van der Waals surface area contributed by atoms with Crippen LogP contribution in [0.15, 0.2) is 18.2 Å². The first-order valence-electron chi connectivity index (χ1n) is 8.49. The van der Waals surface area contributed by atoms with Crippen LogP contribution in [0.3, 0.4) is 0 Å². The molecule has 128 valence electrons. The van der Waals surface area contributed by atoms with E-state index >= 15 is 0 Å². The Morgan fingerprint density at radius 1 is 1.17 bits per heavy atom. The van der Waals surface area contributed by atoms with Crippen molar-refractivity contribution in [3.63, 3.8) is 0 Å². The fourth-order valence-corrected chi connectivity index (χ4v) is 3.57. The normalized spacial score (nSPS) is 24.4. The van der Waals surface area contributed by atoms with Gasteiger partial charge in [0.25, 0.3) is 0 Å². The predicted octanol–water partition coefficient (Wildman–Crippen LogP) is 2.39. The van der Waals surface area contributed by atoms with E-state index in [1.54, 1.807) is 14.2 Å². The molecular formula is C18H28N2O3. The maximum Gasteiger partial charge on any atom is 0.124 e. The van der Waals surface area contributed by atoms with Gasteiger partial charge < -0.3 is 19.1 Å². The minimum Gasteiger partial charge on any atom is -0.497 e. The molecule has 5 nitrogen and oxygen atoms in total. The molecule has 5 heteroatoms. The summed E-state index contributed by atoms with van der Waals surface area (Å²) in [5.74, 6) is 1.69. The number of ether oxygens (including phenoxy) is 3. The third-order valence-corrected chi connectivity index (χ3v) is 5.00. The van der Waals surface area contributed by atoms with Crippen molar-refractivity contribution in [1.82, 2.24) is 4.90 Å². The van der Waals surface area contributed by atoms with Crippen LogP contribution in [0.4, 0.5) is 5.69 Å². The molecule has 2 aliphatic heterocycles. The lowest BCUT2D eigenvalue weighted by atomic mass is 10.2. The SMILES string of the molecule is COc1cc(OC)cc(N2CC[C@H](N(C)C[C@H]3CCCO3)C2)c1. The van der Waals surface area contributed by atoms with Gasteiger partial charge in [-0.3, -0.25) is 4.90 Å². The Kier molecular flexibility index (Phi) is 5.28. The standard InChI is InChI=1S/C18H28N2O3/c1-19(13-16-5-4-8-23-16)14-6-7-20(12-14)15-9-17(21-2)11-18(10-15)22-3/h9-11,14,16H,4-8,12-13H2,1-3H3/t14-,16+/m0/s1. The molecule has 0 spiro atoms. The van der Waals surface area contributed by atoms with Gasteiger partial charge in [0.1, 0.15) is 11.5 Å². The van der Waals surface area contributed by atoms with E-state index in [0.717, 1.165) is 37.7 Å². The van der Waals surface area contributed by atoms with E-state index < -0.39 is 0 Å². The molecule has 0 N–H and O–H groups in total. The summed E-state index contributed by atoms with van der Waals surface area (Å²) in [7, 11) is 5.61. The average Bonchev–Trinajstić information content (AvgIpc) is 3.25. The van der Waals surface area contributed by atoms with Crippen molar-refractivity contribution < 1.29 is 14.2 Å². The van der Waals surface area contributed by atoms with E-state index in [1.165, 1.54) is 24.9 Å². The smallest absolute Gasteiger partial charge is 0.124 e. The minimum atomic E-state index is 0.422. The van der Waals surface area contributed by atoms with Gasteiger partial charge in [0.15, 0.2) is 0 Å². The van der Waals surface area contributed by atoms with Crippen LogP contribution in [-0.4, -0.2) is 64.6 Å². The van der Waals surface area contributed by atoms with Gasteiger partial charge in [0.05, 0.1) is 20.3 Å². The first-order chi connectivity index (χ1) is 11.2. The Balaban J connectivity index is 1.62. The molecule has 0 bridgehead atoms. The maximum atomic E-state index is 5.77. The number of methoxy groups -OCH3 is 2. The second kappa shape index (κ2) is 7.41. The second-order valence-electron chi connectivity index (χ2n) is 6.53. The highest BCUT2D eigenvalue weighted by atomic mass is 16.5. The highest BCUT2D eigenvalue weighted by molar-refractivity contribution is 5.56. The summed E-state index contributed by atoms with van der Waals surface area (Å²) in [6, 6.07) is 6.67. The zero-order chi connectivity index (χ0) is 16.2. The van der Waals surface area contributed by atoms with Crippen LogP contribution < -0.4 is 14.4 Å². The summed E-state index contributed by atoms with van der Waals surface area (Å²) in [6.45, 7) is 4.08. The van der Waals surface area contributed by atoms with Gasteiger partial charge in [-0.2, -0.15) is 0 Å². The molecule has 2 heterocycles. The van der Waals surface area contributed by atoms with E-state index in [0.29, 0.717) is 12.1 Å². The number of anilines is 1. The average molecular weight is 320 g/mol. The predicted molar refractivity (Wildman–Crippen MR) is 91.8 cm³/mol. The van der Waals surface area contributed by atoms with Crippen LogP contribution >= 0.6 is 0 Å². The molecule has 1 aromatic rings. The van der Waals surface area contributed by atoms with Crippen LogP contribution in [0.5, 0.6) is 11.5 Å². The quantitative estimate of drug-likeness (QED) is 0.804. The van der Waals surface area contributed by atoms with E-state index in [-0.39, 0.29) is 0 Å². The zero-order valence-corrected chi connectivity index (χ0v) is 14.5. The highest BCUT2D eigenvalue weighted by Crippen LogP contribution is 2.31. The molecule has 0 unspecified atom stereocenters. The van der Waals surface area contributed by atoms with E-state index in [1.807, 2.05) is 6.07 Å². The molecule has 2 atom stereocenters. The van der Waals surface area contributed by atoms with Crippen molar-refractivity contribution in [3.05, 3.63) is 18.2 Å². The van der Waals surface area contributed by atoms with Crippen LogP contribution in [0.2, 0.25) is 0 Å². The lowest BCUT2D eigenvalue weighted by molar-refractivity contribution is 0.0708. The molecule has 0 aromatic heterocycles. The highest BCUT2D eigenvalue weighted by Gasteiger charge is 2.28. The zero-order valence-electron chi connectivity index (χ0n) is 14.5. The molecule has 1 aromatic carbocycles. The van der Waals surface area contributed by atoms with Gasteiger partial charge in [0, 0.05) is 56.2 Å². The van der Waals surface area contributed by atoms with Crippen molar-refractivity contribution >= 4 is 5.69 Å². The molecule has 0 radical (unpaired) electrons. The second-order valence-corrected chi connectivity index (χ2v) is 6.53. The largest absolute Gasteiger partial charge is 0.497 e. The van der Waals surface area contributed by atoms with Crippen molar-refractivity contribution in [2.75, 3.05) is 52.4 Å². The van der Waals surface area contributed by atoms with Crippen LogP contribution in [0, 0.1) is 0 Å². The fraction of sp³-hybridized carbons (Fsp3) is 0.667. The van der Waals surface area contributed by atoms with Gasteiger partial charge in [-0.15, -0.1) is 0 Å². The molecule has 0 aliphatic carbocycles. The van der Waals surface area contributed by atoms with E-state index in [2.05, 4.69) is 29.0 Å². The number of hydrogen-bond donors (Lipinski definition) is 0. The Morgan fingerprint density at radius 2 is 1.91 bits per heavy atom. The molecule has 0 saturated carbocycles. The van der Waals surface area contributed by atoms with Gasteiger partial charge in [-0.05, 0) is 26.3 Å². The Hall–Kier alpha value is -1.46. The van der Waals surface area contributed by atoms with Gasteiger partial charge >= 0.3 is 0 Å². The molecule has 23 heavy (non-hydrogen) atoms. The lowest BCUT2D eigenvalue weighted by Gasteiger charge is -2.27. The summed E-state index contributed by atoms with van der Waals surface area (Å²) in [6.07, 6.45) is 4.01. The fourth-order valence-electron chi connectivity index (χ4n) is 3.57. The molecule has 3 rings (SSSR count). The molecule has 2 aliphatic rings. The van der Waals surface area contributed by atoms with Crippen LogP contribution in [0.25, 0.3) is 0 Å². The van der Waals surface area contributed by atoms with Crippen molar-refractivity contribution in [2.45, 2.75) is 31.4 Å². The summed E-state index contributed by atoms with van der Waals surface area (Å²) in [4.78, 5) is 4.88. The Labute approximate surface area is 139 Å². The monoisotopic (exact) mass is 320 g/mol. The number of benzene rings is 1. The third-order valence-electron chi connectivity index (χ3n) is 5.00.